The highest BCUT2D eigenvalue weighted by Gasteiger charge is 2.10. The fourth-order valence-electron chi connectivity index (χ4n) is 3.23. The van der Waals surface area contributed by atoms with Gasteiger partial charge in [0.25, 0.3) is 0 Å². The maximum absolute atomic E-state index is 8.91. The number of unbranched alkanes of at least 4 members (excludes halogenated alkanes) is 10. The third-order valence-corrected chi connectivity index (χ3v) is 4.69. The summed E-state index contributed by atoms with van der Waals surface area (Å²) in [4.78, 5) is 0. The Labute approximate surface area is 139 Å². The highest BCUT2D eigenvalue weighted by molar-refractivity contribution is 5.81. The fraction of sp³-hybridized carbons (Fsp3) is 0.950. The molecule has 0 aliphatic carbocycles. The average molecular weight is 312 g/mol. The monoisotopic (exact) mass is 311 g/mol. The van der Waals surface area contributed by atoms with Gasteiger partial charge in [-0.2, -0.15) is 0 Å². The van der Waals surface area contributed by atoms with Crippen LogP contribution in [0.5, 0.6) is 0 Å². The lowest BCUT2D eigenvalue weighted by Crippen LogP contribution is -2.07. The molecule has 0 saturated carbocycles. The van der Waals surface area contributed by atoms with Gasteiger partial charge in [-0.15, -0.1) is 0 Å². The number of hydrogen-bond acceptors (Lipinski definition) is 2. The van der Waals surface area contributed by atoms with Crippen molar-refractivity contribution in [2.75, 3.05) is 0 Å². The molecule has 0 aliphatic heterocycles. The molecule has 1 N–H and O–H groups in total. The van der Waals surface area contributed by atoms with Crippen LogP contribution in [-0.4, -0.2) is 10.9 Å². The Morgan fingerprint density at radius 1 is 0.727 bits per heavy atom. The van der Waals surface area contributed by atoms with Crippen LogP contribution in [-0.2, 0) is 0 Å². The first-order valence-electron chi connectivity index (χ1n) is 9.92. The molecule has 0 amide bonds. The molecule has 0 saturated heterocycles. The zero-order valence-electron chi connectivity index (χ0n) is 15.6. The van der Waals surface area contributed by atoms with Crippen molar-refractivity contribution in [1.82, 2.24) is 0 Å². The summed E-state index contributed by atoms with van der Waals surface area (Å²) in [5, 5.41) is 12.3. The topological polar surface area (TPSA) is 32.6 Å². The number of hydrogen-bond donors (Lipinski definition) is 1. The standard InChI is InChI=1S/C20H41NO/c1-4-6-8-10-12-14-16-20(18-19(3)21-22)17-15-13-11-9-7-5-2/h20,22H,4-18H2,1-3H3. The molecule has 0 aliphatic rings. The Kier molecular flexibility index (Phi) is 16.4. The second-order valence-electron chi connectivity index (χ2n) is 7.02. The molecule has 132 valence electrons. The van der Waals surface area contributed by atoms with Crippen LogP contribution < -0.4 is 0 Å². The molecule has 0 radical (unpaired) electrons. The van der Waals surface area contributed by atoms with Crippen molar-refractivity contribution in [3.63, 3.8) is 0 Å². The summed E-state index contributed by atoms with van der Waals surface area (Å²) in [5.41, 5.74) is 0.905. The molecule has 0 unspecified atom stereocenters. The van der Waals surface area contributed by atoms with Crippen molar-refractivity contribution < 1.29 is 5.21 Å². The largest absolute Gasteiger partial charge is 0.411 e. The van der Waals surface area contributed by atoms with Crippen LogP contribution in [0, 0.1) is 5.92 Å². The van der Waals surface area contributed by atoms with Gasteiger partial charge in [-0.05, 0) is 19.3 Å². The van der Waals surface area contributed by atoms with E-state index in [0.29, 0.717) is 0 Å². The lowest BCUT2D eigenvalue weighted by atomic mass is 9.90. The van der Waals surface area contributed by atoms with Gasteiger partial charge in [0.1, 0.15) is 0 Å². The van der Waals surface area contributed by atoms with Gasteiger partial charge in [-0.1, -0.05) is 109 Å². The lowest BCUT2D eigenvalue weighted by Gasteiger charge is -2.16. The smallest absolute Gasteiger partial charge is 0.0542 e. The molecule has 2 heteroatoms. The van der Waals surface area contributed by atoms with E-state index in [-0.39, 0.29) is 0 Å². The molecule has 0 aromatic heterocycles. The SMILES string of the molecule is CCCCCCCCC(CCCCCCCC)CC(C)=NO. The van der Waals surface area contributed by atoms with Crippen molar-refractivity contribution in [1.29, 1.82) is 0 Å². The molecule has 0 heterocycles. The van der Waals surface area contributed by atoms with E-state index in [1.54, 1.807) is 0 Å². The molecular formula is C20H41NO. The predicted octanol–water partition coefficient (Wildman–Crippen LogP) is 7.34. The molecule has 0 fully saturated rings. The normalized spacial score (nSPS) is 12.3. The van der Waals surface area contributed by atoms with Gasteiger partial charge in [-0.25, -0.2) is 0 Å². The van der Waals surface area contributed by atoms with Crippen molar-refractivity contribution in [3.05, 3.63) is 0 Å². The van der Waals surface area contributed by atoms with Crippen LogP contribution in [0.25, 0.3) is 0 Å². The van der Waals surface area contributed by atoms with Gasteiger partial charge in [0.2, 0.25) is 0 Å². The Bertz CT molecular complexity index is 234. The molecule has 0 aromatic carbocycles. The summed E-state index contributed by atoms with van der Waals surface area (Å²) >= 11 is 0. The highest BCUT2D eigenvalue weighted by Crippen LogP contribution is 2.22. The molecule has 0 aromatic rings. The Hall–Kier alpha value is -0.530. The molecule has 0 rings (SSSR count). The van der Waals surface area contributed by atoms with E-state index in [9.17, 15) is 0 Å². The molecule has 0 atom stereocenters. The zero-order chi connectivity index (χ0) is 16.5. The van der Waals surface area contributed by atoms with Crippen LogP contribution in [0.3, 0.4) is 0 Å². The molecule has 0 bridgehead atoms. The maximum Gasteiger partial charge on any atom is 0.0542 e. The number of rotatable bonds is 16. The first kappa shape index (κ1) is 21.5. The van der Waals surface area contributed by atoms with E-state index in [1.807, 2.05) is 6.92 Å². The minimum absolute atomic E-state index is 0.730. The summed E-state index contributed by atoms with van der Waals surface area (Å²) in [6.07, 6.45) is 20.1. The van der Waals surface area contributed by atoms with Gasteiger partial charge in [0.15, 0.2) is 0 Å². The lowest BCUT2D eigenvalue weighted by molar-refractivity contribution is 0.313. The van der Waals surface area contributed by atoms with E-state index in [1.165, 1.54) is 89.9 Å². The predicted molar refractivity (Wildman–Crippen MR) is 99.0 cm³/mol. The third-order valence-electron chi connectivity index (χ3n) is 4.69. The van der Waals surface area contributed by atoms with Crippen molar-refractivity contribution >= 4 is 5.71 Å². The molecule has 2 nitrogen and oxygen atoms in total. The second-order valence-corrected chi connectivity index (χ2v) is 7.02. The van der Waals surface area contributed by atoms with Gasteiger partial charge in [-0.3, -0.25) is 0 Å². The maximum atomic E-state index is 8.91. The van der Waals surface area contributed by atoms with E-state index < -0.39 is 0 Å². The minimum atomic E-state index is 0.730. The van der Waals surface area contributed by atoms with E-state index in [0.717, 1.165) is 18.1 Å². The van der Waals surface area contributed by atoms with Crippen LogP contribution >= 0.6 is 0 Å². The summed E-state index contributed by atoms with van der Waals surface area (Å²) in [7, 11) is 0. The first-order chi connectivity index (χ1) is 10.7. The van der Waals surface area contributed by atoms with Crippen molar-refractivity contribution in [2.24, 2.45) is 11.1 Å². The number of oxime groups is 1. The van der Waals surface area contributed by atoms with Crippen LogP contribution in [0.2, 0.25) is 0 Å². The third kappa shape index (κ3) is 14.4. The summed E-state index contributed by atoms with van der Waals surface area (Å²) in [6, 6.07) is 0. The van der Waals surface area contributed by atoms with Crippen LogP contribution in [0.15, 0.2) is 5.16 Å². The first-order valence-corrected chi connectivity index (χ1v) is 9.92. The van der Waals surface area contributed by atoms with Gasteiger partial charge < -0.3 is 5.21 Å². The molecule has 22 heavy (non-hydrogen) atoms. The Morgan fingerprint density at radius 3 is 1.55 bits per heavy atom. The van der Waals surface area contributed by atoms with Gasteiger partial charge >= 0.3 is 0 Å². The van der Waals surface area contributed by atoms with Crippen molar-refractivity contribution in [3.8, 4) is 0 Å². The second kappa shape index (κ2) is 16.8. The van der Waals surface area contributed by atoms with Gasteiger partial charge in [0, 0.05) is 0 Å². The summed E-state index contributed by atoms with van der Waals surface area (Å²) < 4.78 is 0. The van der Waals surface area contributed by atoms with E-state index in [2.05, 4.69) is 19.0 Å². The zero-order valence-corrected chi connectivity index (χ0v) is 15.6. The molecular weight excluding hydrogens is 270 g/mol. The minimum Gasteiger partial charge on any atom is -0.411 e. The van der Waals surface area contributed by atoms with E-state index in [4.69, 9.17) is 5.21 Å². The average Bonchev–Trinajstić information content (AvgIpc) is 2.53. The Morgan fingerprint density at radius 2 is 1.14 bits per heavy atom. The van der Waals surface area contributed by atoms with Crippen LogP contribution in [0.4, 0.5) is 0 Å². The van der Waals surface area contributed by atoms with E-state index >= 15 is 0 Å². The quantitative estimate of drug-likeness (QED) is 0.137. The van der Waals surface area contributed by atoms with Crippen LogP contribution in [0.1, 0.15) is 117 Å². The van der Waals surface area contributed by atoms with Gasteiger partial charge in [0.05, 0.1) is 5.71 Å². The Balaban J connectivity index is 3.80. The fourth-order valence-corrected chi connectivity index (χ4v) is 3.23. The summed E-state index contributed by atoms with van der Waals surface area (Å²) in [5.74, 6) is 0.730. The highest BCUT2D eigenvalue weighted by atomic mass is 16.4. The van der Waals surface area contributed by atoms with Crippen molar-refractivity contribution in [2.45, 2.75) is 117 Å². The number of nitrogens with zero attached hydrogens (tertiary/aromatic N) is 1. The molecule has 0 spiro atoms. The summed E-state index contributed by atoms with van der Waals surface area (Å²) in [6.45, 7) is 6.50.